The Balaban J connectivity index is 2.27. The zero-order valence-corrected chi connectivity index (χ0v) is 9.54. The van der Waals surface area contributed by atoms with E-state index in [1.165, 1.54) is 0 Å². The van der Waals surface area contributed by atoms with Gasteiger partial charge in [0, 0.05) is 5.92 Å². The van der Waals surface area contributed by atoms with E-state index < -0.39 is 5.97 Å². The van der Waals surface area contributed by atoms with Crippen LogP contribution in [0.1, 0.15) is 25.5 Å². The third kappa shape index (κ3) is 1.29. The molecule has 1 heterocycles. The molecule has 0 radical (unpaired) electrons. The molecule has 1 saturated carbocycles. The Bertz CT molecular complexity index is 380. The quantitative estimate of drug-likeness (QED) is 0.888. The molecule has 3 nitrogen and oxygen atoms in total. The number of carboxylic acid groups (broad SMARTS) is 1. The molecule has 0 saturated heterocycles. The summed E-state index contributed by atoms with van der Waals surface area (Å²) in [6.07, 6.45) is 0. The largest absolute Gasteiger partial charge is 0.481 e. The molecule has 1 aromatic heterocycles. The Hall–Kier alpha value is -0.770. The van der Waals surface area contributed by atoms with Crippen LogP contribution in [-0.4, -0.2) is 11.1 Å². The molecule has 0 spiro atoms. The maximum atomic E-state index is 10.9. The van der Waals surface area contributed by atoms with Crippen LogP contribution in [0.5, 0.6) is 0 Å². The van der Waals surface area contributed by atoms with Crippen molar-refractivity contribution in [3.8, 4) is 0 Å². The van der Waals surface area contributed by atoms with E-state index in [1.54, 1.807) is 6.07 Å². The minimum absolute atomic E-state index is 0.00583. The number of carboxylic acids is 1. The summed E-state index contributed by atoms with van der Waals surface area (Å²) in [7, 11) is 0. The average molecular weight is 259 g/mol. The second-order valence-electron chi connectivity index (χ2n) is 4.26. The van der Waals surface area contributed by atoms with Gasteiger partial charge in [0.05, 0.1) is 5.92 Å². The van der Waals surface area contributed by atoms with Gasteiger partial charge < -0.3 is 9.52 Å². The lowest BCUT2D eigenvalue weighted by atomic mass is 10.1. The molecule has 0 aromatic carbocycles. The number of hydrogen-bond donors (Lipinski definition) is 1. The molecule has 2 unspecified atom stereocenters. The van der Waals surface area contributed by atoms with Crippen LogP contribution in [0.3, 0.4) is 0 Å². The summed E-state index contributed by atoms with van der Waals surface area (Å²) >= 11 is 3.21. The Labute approximate surface area is 90.2 Å². The van der Waals surface area contributed by atoms with E-state index in [4.69, 9.17) is 9.52 Å². The van der Waals surface area contributed by atoms with Crippen LogP contribution in [0.25, 0.3) is 0 Å². The summed E-state index contributed by atoms with van der Waals surface area (Å²) in [5.41, 5.74) is -0.191. The van der Waals surface area contributed by atoms with Gasteiger partial charge in [0.25, 0.3) is 0 Å². The van der Waals surface area contributed by atoms with Crippen LogP contribution in [0, 0.1) is 11.3 Å². The van der Waals surface area contributed by atoms with E-state index >= 15 is 0 Å². The van der Waals surface area contributed by atoms with Gasteiger partial charge in [0.1, 0.15) is 5.76 Å². The lowest BCUT2D eigenvalue weighted by Gasteiger charge is -1.97. The molecule has 1 aliphatic rings. The van der Waals surface area contributed by atoms with Crippen molar-refractivity contribution in [1.29, 1.82) is 0 Å². The smallest absolute Gasteiger partial charge is 0.307 e. The van der Waals surface area contributed by atoms with Gasteiger partial charge in [0.15, 0.2) is 4.67 Å². The second kappa shape index (κ2) is 2.86. The summed E-state index contributed by atoms with van der Waals surface area (Å²) in [4.78, 5) is 10.9. The second-order valence-corrected chi connectivity index (χ2v) is 5.04. The molecule has 1 aromatic rings. The van der Waals surface area contributed by atoms with Crippen molar-refractivity contribution in [3.05, 3.63) is 22.6 Å². The molecule has 1 N–H and O–H groups in total. The maximum absolute atomic E-state index is 10.9. The van der Waals surface area contributed by atoms with Crippen molar-refractivity contribution >= 4 is 21.9 Å². The molecule has 0 bridgehead atoms. The SMILES string of the molecule is CC1(C)C(C(=O)O)C1c1ccc(Br)o1. The molecule has 76 valence electrons. The molecule has 4 heteroatoms. The van der Waals surface area contributed by atoms with Gasteiger partial charge in [-0.15, -0.1) is 0 Å². The number of rotatable bonds is 2. The molecular formula is C10H11BrO3. The topological polar surface area (TPSA) is 50.4 Å². The summed E-state index contributed by atoms with van der Waals surface area (Å²) in [6.45, 7) is 3.90. The Kier molecular flexibility index (Phi) is 2.00. The highest BCUT2D eigenvalue weighted by atomic mass is 79.9. The van der Waals surface area contributed by atoms with Crippen molar-refractivity contribution < 1.29 is 14.3 Å². The first kappa shape index (κ1) is 9.77. The predicted molar refractivity (Wildman–Crippen MR) is 54.1 cm³/mol. The minimum atomic E-state index is -0.743. The van der Waals surface area contributed by atoms with Crippen LogP contribution < -0.4 is 0 Å². The summed E-state index contributed by atoms with van der Waals surface area (Å²) in [5, 5.41) is 8.97. The normalized spacial score (nSPS) is 28.8. The van der Waals surface area contributed by atoms with E-state index in [9.17, 15) is 4.79 Å². The van der Waals surface area contributed by atoms with Crippen molar-refractivity contribution in [2.24, 2.45) is 11.3 Å². The summed E-state index contributed by atoms with van der Waals surface area (Å²) in [6, 6.07) is 3.63. The fraction of sp³-hybridized carbons (Fsp3) is 0.500. The van der Waals surface area contributed by atoms with Gasteiger partial charge >= 0.3 is 5.97 Å². The molecule has 0 aliphatic heterocycles. The number of furan rings is 1. The average Bonchev–Trinajstić information content (AvgIpc) is 2.42. The van der Waals surface area contributed by atoms with E-state index in [1.807, 2.05) is 19.9 Å². The first-order valence-electron chi connectivity index (χ1n) is 4.42. The summed E-state index contributed by atoms with van der Waals surface area (Å²) in [5.74, 6) is -0.298. The minimum Gasteiger partial charge on any atom is -0.481 e. The Morgan fingerprint density at radius 3 is 2.57 bits per heavy atom. The first-order valence-corrected chi connectivity index (χ1v) is 5.22. The van der Waals surface area contributed by atoms with E-state index in [2.05, 4.69) is 15.9 Å². The van der Waals surface area contributed by atoms with Crippen LogP contribution in [0.4, 0.5) is 0 Å². The van der Waals surface area contributed by atoms with E-state index in [0.717, 1.165) is 5.76 Å². The van der Waals surface area contributed by atoms with Crippen LogP contribution in [0.2, 0.25) is 0 Å². The van der Waals surface area contributed by atoms with E-state index in [-0.39, 0.29) is 17.3 Å². The van der Waals surface area contributed by atoms with Gasteiger partial charge in [-0.25, -0.2) is 0 Å². The van der Waals surface area contributed by atoms with Gasteiger partial charge in [-0.3, -0.25) is 4.79 Å². The van der Waals surface area contributed by atoms with Crippen molar-refractivity contribution in [1.82, 2.24) is 0 Å². The molecule has 1 fully saturated rings. The number of aliphatic carboxylic acids is 1. The predicted octanol–water partition coefficient (Wildman–Crippen LogP) is 2.87. The molecular weight excluding hydrogens is 248 g/mol. The van der Waals surface area contributed by atoms with Crippen LogP contribution >= 0.6 is 15.9 Å². The Morgan fingerprint density at radius 1 is 1.57 bits per heavy atom. The van der Waals surface area contributed by atoms with Crippen molar-refractivity contribution in [2.45, 2.75) is 19.8 Å². The fourth-order valence-corrected chi connectivity index (χ4v) is 2.44. The highest BCUT2D eigenvalue weighted by Crippen LogP contribution is 2.64. The van der Waals surface area contributed by atoms with Gasteiger partial charge in [-0.05, 0) is 33.5 Å². The number of hydrogen-bond acceptors (Lipinski definition) is 2. The van der Waals surface area contributed by atoms with Crippen molar-refractivity contribution in [2.75, 3.05) is 0 Å². The number of halogens is 1. The zero-order valence-electron chi connectivity index (χ0n) is 7.95. The molecule has 1 aliphatic carbocycles. The molecule has 2 rings (SSSR count). The van der Waals surface area contributed by atoms with Gasteiger partial charge in [0.2, 0.25) is 0 Å². The van der Waals surface area contributed by atoms with Gasteiger partial charge in [-0.1, -0.05) is 13.8 Å². The van der Waals surface area contributed by atoms with Crippen LogP contribution in [-0.2, 0) is 4.79 Å². The maximum Gasteiger partial charge on any atom is 0.307 e. The standard InChI is InChI=1S/C10H11BrO3/c1-10(2)7(8(10)9(12)13)5-3-4-6(11)14-5/h3-4,7-8H,1-2H3,(H,12,13). The zero-order chi connectivity index (χ0) is 10.5. The third-order valence-electron chi connectivity index (χ3n) is 2.99. The number of carbonyl (C=O) groups is 1. The Morgan fingerprint density at radius 2 is 2.21 bits per heavy atom. The first-order chi connectivity index (χ1) is 6.44. The van der Waals surface area contributed by atoms with Gasteiger partial charge in [-0.2, -0.15) is 0 Å². The van der Waals surface area contributed by atoms with Crippen molar-refractivity contribution in [3.63, 3.8) is 0 Å². The lowest BCUT2D eigenvalue weighted by molar-refractivity contribution is -0.139. The van der Waals surface area contributed by atoms with Crippen LogP contribution in [0.15, 0.2) is 21.2 Å². The third-order valence-corrected chi connectivity index (χ3v) is 3.42. The molecule has 14 heavy (non-hydrogen) atoms. The highest BCUT2D eigenvalue weighted by Gasteiger charge is 2.64. The van der Waals surface area contributed by atoms with E-state index in [0.29, 0.717) is 4.67 Å². The molecule has 0 amide bonds. The lowest BCUT2D eigenvalue weighted by Crippen LogP contribution is -2.02. The highest BCUT2D eigenvalue weighted by molar-refractivity contribution is 9.10. The monoisotopic (exact) mass is 258 g/mol. The summed E-state index contributed by atoms with van der Waals surface area (Å²) < 4.78 is 6.03. The fourth-order valence-electron chi connectivity index (χ4n) is 2.13. The molecule has 2 atom stereocenters.